The van der Waals surface area contributed by atoms with E-state index in [0.29, 0.717) is 11.1 Å². The van der Waals surface area contributed by atoms with Gasteiger partial charge in [-0.1, -0.05) is 0 Å². The van der Waals surface area contributed by atoms with Gasteiger partial charge in [0.05, 0.1) is 4.92 Å². The standard InChI is InChI=1S/C15H15N5O7/c1-6-3-8(9(20(25)26)4-7(6)2)17-10(21)5-27-14(23)12-11(16)13(22)19-15(24)18-12/h3-4H,5,16H2,1-2H3,(H,17,21)(H2,18,19,22,24). The summed E-state index contributed by atoms with van der Waals surface area (Å²) < 4.78 is 4.68. The van der Waals surface area contributed by atoms with Crippen LogP contribution in [0, 0.1) is 24.0 Å². The van der Waals surface area contributed by atoms with Gasteiger partial charge in [0.15, 0.2) is 12.3 Å². The van der Waals surface area contributed by atoms with Crippen molar-refractivity contribution in [1.82, 2.24) is 9.97 Å². The number of carbonyl (C=O) groups excluding carboxylic acids is 2. The Morgan fingerprint density at radius 2 is 1.85 bits per heavy atom. The molecule has 12 nitrogen and oxygen atoms in total. The molecule has 1 heterocycles. The Morgan fingerprint density at radius 1 is 1.22 bits per heavy atom. The number of rotatable bonds is 5. The van der Waals surface area contributed by atoms with Gasteiger partial charge >= 0.3 is 11.7 Å². The predicted molar refractivity (Wildman–Crippen MR) is 93.6 cm³/mol. The topological polar surface area (TPSA) is 190 Å². The number of nitrogens with zero attached hydrogens (tertiary/aromatic N) is 1. The molecule has 0 atom stereocenters. The van der Waals surface area contributed by atoms with Crippen LogP contribution in [0.3, 0.4) is 0 Å². The van der Waals surface area contributed by atoms with E-state index in [1.165, 1.54) is 12.1 Å². The molecule has 0 bridgehead atoms. The van der Waals surface area contributed by atoms with Gasteiger partial charge in [0.2, 0.25) is 0 Å². The average molecular weight is 377 g/mol. The number of ether oxygens (including phenoxy) is 1. The van der Waals surface area contributed by atoms with Gasteiger partial charge in [0, 0.05) is 6.07 Å². The van der Waals surface area contributed by atoms with E-state index in [1.54, 1.807) is 13.8 Å². The summed E-state index contributed by atoms with van der Waals surface area (Å²) in [6.07, 6.45) is 0. The molecular formula is C15H15N5O7. The molecule has 1 aromatic carbocycles. The number of aromatic nitrogens is 2. The van der Waals surface area contributed by atoms with Gasteiger partial charge in [0.25, 0.3) is 17.2 Å². The van der Waals surface area contributed by atoms with Crippen LogP contribution in [0.25, 0.3) is 0 Å². The number of H-pyrrole nitrogens is 2. The minimum absolute atomic E-state index is 0.0618. The number of carbonyl (C=O) groups is 2. The molecule has 2 rings (SSSR count). The van der Waals surface area contributed by atoms with Crippen molar-refractivity contribution in [3.8, 4) is 0 Å². The first-order chi connectivity index (χ1) is 12.6. The monoisotopic (exact) mass is 377 g/mol. The summed E-state index contributed by atoms with van der Waals surface area (Å²) in [6, 6.07) is 2.72. The van der Waals surface area contributed by atoms with Crippen molar-refractivity contribution in [2.24, 2.45) is 0 Å². The molecule has 0 unspecified atom stereocenters. The number of aromatic amines is 2. The molecule has 0 aliphatic carbocycles. The number of nitrogen functional groups attached to an aromatic ring is 1. The van der Waals surface area contributed by atoms with E-state index in [1.807, 2.05) is 9.97 Å². The Kier molecular flexibility index (Phi) is 5.39. The van der Waals surface area contributed by atoms with Crippen LogP contribution < -0.4 is 22.3 Å². The number of nitro benzene ring substituents is 1. The molecule has 5 N–H and O–H groups in total. The zero-order valence-corrected chi connectivity index (χ0v) is 14.2. The van der Waals surface area contributed by atoms with Gasteiger partial charge < -0.3 is 15.8 Å². The summed E-state index contributed by atoms with van der Waals surface area (Å²) >= 11 is 0. The van der Waals surface area contributed by atoms with Crippen LogP contribution in [-0.4, -0.2) is 33.4 Å². The normalized spacial score (nSPS) is 10.3. The number of aryl methyl sites for hydroxylation is 2. The summed E-state index contributed by atoms with van der Waals surface area (Å²) in [5.74, 6) is -2.07. The lowest BCUT2D eigenvalue weighted by atomic mass is 10.1. The highest BCUT2D eigenvalue weighted by molar-refractivity contribution is 5.97. The van der Waals surface area contributed by atoms with Crippen molar-refractivity contribution >= 4 is 28.9 Å². The molecular weight excluding hydrogens is 362 g/mol. The number of amides is 1. The Hall–Kier alpha value is -3.96. The fourth-order valence-corrected chi connectivity index (χ4v) is 2.10. The molecule has 0 radical (unpaired) electrons. The first kappa shape index (κ1) is 19.4. The molecule has 0 spiro atoms. The van der Waals surface area contributed by atoms with Crippen LogP contribution >= 0.6 is 0 Å². The lowest BCUT2D eigenvalue weighted by Crippen LogP contribution is -2.30. The Bertz CT molecular complexity index is 1050. The maximum absolute atomic E-state index is 12.0. The number of benzene rings is 1. The van der Waals surface area contributed by atoms with Crippen molar-refractivity contribution < 1.29 is 19.2 Å². The molecule has 142 valence electrons. The molecule has 0 saturated heterocycles. The fraction of sp³-hybridized carbons (Fsp3) is 0.200. The minimum atomic E-state index is -1.21. The van der Waals surface area contributed by atoms with E-state index in [4.69, 9.17) is 5.73 Å². The molecule has 1 amide bonds. The lowest BCUT2D eigenvalue weighted by Gasteiger charge is -2.09. The first-order valence-electron chi connectivity index (χ1n) is 7.44. The van der Waals surface area contributed by atoms with E-state index < -0.39 is 46.0 Å². The molecule has 12 heteroatoms. The van der Waals surface area contributed by atoms with E-state index in [9.17, 15) is 29.3 Å². The van der Waals surface area contributed by atoms with Crippen molar-refractivity contribution in [2.75, 3.05) is 17.7 Å². The van der Waals surface area contributed by atoms with E-state index in [-0.39, 0.29) is 11.4 Å². The highest BCUT2D eigenvalue weighted by atomic mass is 16.6. The number of anilines is 2. The highest BCUT2D eigenvalue weighted by Gasteiger charge is 2.20. The number of nitrogens with one attached hydrogen (secondary N) is 3. The number of nitrogens with two attached hydrogens (primary N) is 1. The smallest absolute Gasteiger partial charge is 0.357 e. The van der Waals surface area contributed by atoms with Crippen LogP contribution in [0.15, 0.2) is 21.7 Å². The summed E-state index contributed by atoms with van der Waals surface area (Å²) in [5.41, 5.74) is 3.23. The van der Waals surface area contributed by atoms with Crippen molar-refractivity contribution in [1.29, 1.82) is 0 Å². The Labute approximate surface area is 150 Å². The van der Waals surface area contributed by atoms with Gasteiger partial charge in [-0.15, -0.1) is 0 Å². The maximum Gasteiger partial charge on any atom is 0.357 e. The minimum Gasteiger partial charge on any atom is -0.451 e. The first-order valence-corrected chi connectivity index (χ1v) is 7.44. The van der Waals surface area contributed by atoms with Crippen molar-refractivity contribution in [2.45, 2.75) is 13.8 Å². The third kappa shape index (κ3) is 4.36. The number of hydrogen-bond donors (Lipinski definition) is 4. The lowest BCUT2D eigenvalue weighted by molar-refractivity contribution is -0.384. The Morgan fingerprint density at radius 3 is 2.48 bits per heavy atom. The Balaban J connectivity index is 2.13. The fourth-order valence-electron chi connectivity index (χ4n) is 2.10. The largest absolute Gasteiger partial charge is 0.451 e. The quantitative estimate of drug-likeness (QED) is 0.317. The SMILES string of the molecule is Cc1cc(NC(=O)COC(=O)c2[nH]c(=O)[nH]c(=O)c2N)c([N+](=O)[O-])cc1C. The second kappa shape index (κ2) is 7.51. The van der Waals surface area contributed by atoms with E-state index >= 15 is 0 Å². The third-order valence-electron chi connectivity index (χ3n) is 3.60. The molecule has 1 aromatic heterocycles. The second-order valence-corrected chi connectivity index (χ2v) is 5.53. The zero-order valence-electron chi connectivity index (χ0n) is 14.2. The van der Waals surface area contributed by atoms with Crippen LogP contribution in [0.4, 0.5) is 17.1 Å². The molecule has 2 aromatic rings. The van der Waals surface area contributed by atoms with Gasteiger partial charge in [0.1, 0.15) is 11.4 Å². The van der Waals surface area contributed by atoms with Crippen molar-refractivity contribution in [3.05, 3.63) is 59.9 Å². The van der Waals surface area contributed by atoms with Gasteiger partial charge in [-0.3, -0.25) is 29.7 Å². The van der Waals surface area contributed by atoms with Crippen LogP contribution in [0.5, 0.6) is 0 Å². The molecule has 0 aliphatic rings. The zero-order chi connectivity index (χ0) is 20.3. The number of nitro groups is 1. The van der Waals surface area contributed by atoms with Gasteiger partial charge in [-0.2, -0.15) is 0 Å². The van der Waals surface area contributed by atoms with Gasteiger partial charge in [-0.05, 0) is 31.0 Å². The van der Waals surface area contributed by atoms with Crippen LogP contribution in [0.1, 0.15) is 21.6 Å². The van der Waals surface area contributed by atoms with Crippen molar-refractivity contribution in [3.63, 3.8) is 0 Å². The number of esters is 1. The molecule has 0 saturated carbocycles. The predicted octanol–water partition coefficient (Wildman–Crippen LogP) is -0.0341. The van der Waals surface area contributed by atoms with E-state index in [2.05, 4.69) is 10.1 Å². The molecule has 0 fully saturated rings. The second-order valence-electron chi connectivity index (χ2n) is 5.53. The summed E-state index contributed by atoms with van der Waals surface area (Å²) in [4.78, 5) is 60.6. The van der Waals surface area contributed by atoms with Crippen LogP contribution in [-0.2, 0) is 9.53 Å². The summed E-state index contributed by atoms with van der Waals surface area (Å²) in [6.45, 7) is 2.57. The summed E-state index contributed by atoms with van der Waals surface area (Å²) in [5, 5.41) is 13.4. The third-order valence-corrected chi connectivity index (χ3v) is 3.60. The van der Waals surface area contributed by atoms with Gasteiger partial charge in [-0.25, -0.2) is 9.59 Å². The highest BCUT2D eigenvalue weighted by Crippen LogP contribution is 2.27. The number of hydrogen-bond acceptors (Lipinski definition) is 8. The molecule has 0 aliphatic heterocycles. The van der Waals surface area contributed by atoms with E-state index in [0.717, 1.165) is 0 Å². The maximum atomic E-state index is 12.0. The summed E-state index contributed by atoms with van der Waals surface area (Å²) in [7, 11) is 0. The average Bonchev–Trinajstić information content (AvgIpc) is 2.58. The molecule has 27 heavy (non-hydrogen) atoms. The van der Waals surface area contributed by atoms with Crippen LogP contribution in [0.2, 0.25) is 0 Å².